The summed E-state index contributed by atoms with van der Waals surface area (Å²) in [5.41, 5.74) is 7.05. The summed E-state index contributed by atoms with van der Waals surface area (Å²) in [5, 5.41) is 9.61. The van der Waals surface area contributed by atoms with E-state index in [-0.39, 0.29) is 5.91 Å². The van der Waals surface area contributed by atoms with Crippen LogP contribution in [0.2, 0.25) is 0 Å². The van der Waals surface area contributed by atoms with Crippen molar-refractivity contribution in [3.63, 3.8) is 0 Å². The number of primary amides is 1. The standard InChI is InChI=1S/C20H28N4OS2/c1-5-9-24-18(22-23-19(24)26-10-8-17(21)25)16-12-13-11-14(20(2,3)4)6-7-15(13)27-16/h5,12,14H,1,6-11H2,2-4H3,(H2,21,25). The predicted molar refractivity (Wildman–Crippen MR) is 113 cm³/mol. The molecule has 0 saturated carbocycles. The van der Waals surface area contributed by atoms with E-state index < -0.39 is 0 Å². The normalized spacial score (nSPS) is 16.9. The van der Waals surface area contributed by atoms with E-state index in [4.69, 9.17) is 5.73 Å². The van der Waals surface area contributed by atoms with Gasteiger partial charge in [-0.25, -0.2) is 0 Å². The summed E-state index contributed by atoms with van der Waals surface area (Å²) >= 11 is 3.36. The Balaban J connectivity index is 1.85. The fourth-order valence-electron chi connectivity index (χ4n) is 3.49. The van der Waals surface area contributed by atoms with Crippen LogP contribution in [0.4, 0.5) is 0 Å². The molecule has 0 radical (unpaired) electrons. The van der Waals surface area contributed by atoms with E-state index in [1.54, 1.807) is 0 Å². The number of aromatic nitrogens is 3. The Morgan fingerprint density at radius 3 is 2.93 bits per heavy atom. The molecule has 0 aromatic carbocycles. The third-order valence-electron chi connectivity index (χ3n) is 5.14. The first-order chi connectivity index (χ1) is 12.8. The largest absolute Gasteiger partial charge is 0.370 e. The second kappa shape index (κ2) is 8.19. The van der Waals surface area contributed by atoms with Crippen LogP contribution in [0.25, 0.3) is 10.7 Å². The van der Waals surface area contributed by atoms with Gasteiger partial charge in [0.25, 0.3) is 0 Å². The van der Waals surface area contributed by atoms with Crippen LogP contribution in [0.1, 0.15) is 44.1 Å². The molecule has 0 spiro atoms. The molecule has 3 rings (SSSR count). The first-order valence-electron chi connectivity index (χ1n) is 9.36. The van der Waals surface area contributed by atoms with Gasteiger partial charge in [-0.2, -0.15) is 0 Å². The molecule has 0 bridgehead atoms. The zero-order valence-corrected chi connectivity index (χ0v) is 18.0. The molecule has 1 aliphatic carbocycles. The van der Waals surface area contributed by atoms with Gasteiger partial charge in [-0.05, 0) is 42.2 Å². The molecule has 7 heteroatoms. The molecule has 1 unspecified atom stereocenters. The third-order valence-corrected chi connectivity index (χ3v) is 7.34. The quantitative estimate of drug-likeness (QED) is 0.551. The molecule has 146 valence electrons. The van der Waals surface area contributed by atoms with Gasteiger partial charge in [-0.1, -0.05) is 38.6 Å². The smallest absolute Gasteiger partial charge is 0.218 e. The van der Waals surface area contributed by atoms with Crippen LogP contribution >= 0.6 is 23.1 Å². The molecule has 27 heavy (non-hydrogen) atoms. The fraction of sp³-hybridized carbons (Fsp3) is 0.550. The number of rotatable bonds is 7. The van der Waals surface area contributed by atoms with Crippen LogP contribution in [-0.2, 0) is 24.2 Å². The molecule has 1 atom stereocenters. The average Bonchev–Trinajstić information content (AvgIpc) is 3.17. The molecule has 1 amide bonds. The maximum atomic E-state index is 11.0. The maximum Gasteiger partial charge on any atom is 0.218 e. The van der Waals surface area contributed by atoms with E-state index in [0.717, 1.165) is 29.7 Å². The van der Waals surface area contributed by atoms with E-state index >= 15 is 0 Å². The summed E-state index contributed by atoms with van der Waals surface area (Å²) in [7, 11) is 0. The number of aryl methyl sites for hydroxylation is 1. The van der Waals surface area contributed by atoms with Crippen LogP contribution in [-0.4, -0.2) is 26.4 Å². The van der Waals surface area contributed by atoms with Crippen molar-refractivity contribution in [1.82, 2.24) is 14.8 Å². The van der Waals surface area contributed by atoms with Gasteiger partial charge in [0.05, 0.1) is 4.88 Å². The summed E-state index contributed by atoms with van der Waals surface area (Å²) in [4.78, 5) is 13.6. The van der Waals surface area contributed by atoms with Gasteiger partial charge in [0, 0.05) is 23.6 Å². The van der Waals surface area contributed by atoms with Crippen molar-refractivity contribution >= 4 is 29.0 Å². The minimum atomic E-state index is -0.295. The van der Waals surface area contributed by atoms with Crippen LogP contribution in [0, 0.1) is 11.3 Å². The van der Waals surface area contributed by atoms with Crippen molar-refractivity contribution < 1.29 is 4.79 Å². The zero-order valence-electron chi connectivity index (χ0n) is 16.3. The summed E-state index contributed by atoms with van der Waals surface area (Å²) in [5.74, 6) is 1.93. The number of nitrogens with two attached hydrogens (primary N) is 1. The third kappa shape index (κ3) is 4.63. The number of hydrogen-bond donors (Lipinski definition) is 1. The molecule has 0 aliphatic heterocycles. The van der Waals surface area contributed by atoms with Gasteiger partial charge in [0.1, 0.15) is 0 Å². The highest BCUT2D eigenvalue weighted by Crippen LogP contribution is 2.42. The number of thiophene rings is 1. The lowest BCUT2D eigenvalue weighted by Crippen LogP contribution is -2.26. The lowest BCUT2D eigenvalue weighted by molar-refractivity contribution is -0.117. The molecular weight excluding hydrogens is 376 g/mol. The number of allylic oxidation sites excluding steroid dienone is 1. The number of nitrogens with zero attached hydrogens (tertiary/aromatic N) is 3. The van der Waals surface area contributed by atoms with Gasteiger partial charge < -0.3 is 5.73 Å². The highest BCUT2D eigenvalue weighted by Gasteiger charge is 2.30. The van der Waals surface area contributed by atoms with E-state index in [1.807, 2.05) is 17.4 Å². The highest BCUT2D eigenvalue weighted by atomic mass is 32.2. The Morgan fingerprint density at radius 2 is 2.26 bits per heavy atom. The summed E-state index contributed by atoms with van der Waals surface area (Å²) in [6.07, 6.45) is 5.74. The highest BCUT2D eigenvalue weighted by molar-refractivity contribution is 7.99. The number of amides is 1. The monoisotopic (exact) mass is 404 g/mol. The summed E-state index contributed by atoms with van der Waals surface area (Å²) in [6.45, 7) is 11.5. The minimum absolute atomic E-state index is 0.295. The van der Waals surface area contributed by atoms with Crippen LogP contribution < -0.4 is 5.73 Å². The molecule has 0 saturated heterocycles. The Hall–Kier alpha value is -1.60. The van der Waals surface area contributed by atoms with Gasteiger partial charge in [-0.15, -0.1) is 28.1 Å². The van der Waals surface area contributed by atoms with Gasteiger partial charge >= 0.3 is 0 Å². The van der Waals surface area contributed by atoms with Crippen molar-refractivity contribution in [2.24, 2.45) is 17.1 Å². The second-order valence-corrected chi connectivity index (χ2v) is 10.3. The summed E-state index contributed by atoms with van der Waals surface area (Å²) in [6, 6.07) is 2.30. The van der Waals surface area contributed by atoms with Crippen molar-refractivity contribution in [2.45, 2.75) is 58.2 Å². The number of carbonyl (C=O) groups excluding carboxylic acids is 1. The Kier molecular flexibility index (Phi) is 6.11. The molecule has 1 aliphatic rings. The molecule has 2 aromatic rings. The van der Waals surface area contributed by atoms with E-state index in [0.29, 0.717) is 24.1 Å². The van der Waals surface area contributed by atoms with Crippen LogP contribution in [0.3, 0.4) is 0 Å². The SMILES string of the molecule is C=CCn1c(SCCC(N)=O)nnc1-c1cc2c(s1)CCC(C(C)(C)C)C2. The molecule has 2 aromatic heterocycles. The van der Waals surface area contributed by atoms with Gasteiger partial charge in [0.2, 0.25) is 5.91 Å². The topological polar surface area (TPSA) is 73.8 Å². The van der Waals surface area contributed by atoms with E-state index in [2.05, 4.69) is 48.2 Å². The number of thioether (sulfide) groups is 1. The Morgan fingerprint density at radius 1 is 1.48 bits per heavy atom. The molecule has 0 fully saturated rings. The average molecular weight is 405 g/mol. The van der Waals surface area contributed by atoms with Crippen molar-refractivity contribution in [3.05, 3.63) is 29.2 Å². The molecule has 2 N–H and O–H groups in total. The first kappa shape index (κ1) is 20.1. The number of carbonyl (C=O) groups is 1. The van der Waals surface area contributed by atoms with Crippen LogP contribution in [0.15, 0.2) is 23.9 Å². The number of fused-ring (bicyclic) bond motifs is 1. The minimum Gasteiger partial charge on any atom is -0.370 e. The van der Waals surface area contributed by atoms with Crippen molar-refractivity contribution in [3.8, 4) is 10.7 Å². The maximum absolute atomic E-state index is 11.0. The number of hydrogen-bond acceptors (Lipinski definition) is 5. The van der Waals surface area contributed by atoms with Gasteiger partial charge in [-0.3, -0.25) is 9.36 Å². The van der Waals surface area contributed by atoms with Crippen molar-refractivity contribution in [2.75, 3.05) is 5.75 Å². The van der Waals surface area contributed by atoms with Crippen LogP contribution in [0.5, 0.6) is 0 Å². The fourth-order valence-corrected chi connectivity index (χ4v) is 5.59. The lowest BCUT2D eigenvalue weighted by Gasteiger charge is -2.33. The van der Waals surface area contributed by atoms with Crippen molar-refractivity contribution in [1.29, 1.82) is 0 Å². The predicted octanol–water partition coefficient (Wildman–Crippen LogP) is 4.31. The molecular formula is C20H28N4OS2. The molecule has 2 heterocycles. The molecule has 5 nitrogen and oxygen atoms in total. The summed E-state index contributed by atoms with van der Waals surface area (Å²) < 4.78 is 2.08. The Bertz CT molecular complexity index is 832. The second-order valence-electron chi connectivity index (χ2n) is 8.14. The lowest BCUT2D eigenvalue weighted by atomic mass is 9.72. The zero-order chi connectivity index (χ0) is 19.6. The first-order valence-corrected chi connectivity index (χ1v) is 11.2. The van der Waals surface area contributed by atoms with Gasteiger partial charge in [0.15, 0.2) is 11.0 Å². The van der Waals surface area contributed by atoms with E-state index in [1.165, 1.54) is 33.5 Å². The van der Waals surface area contributed by atoms with E-state index in [9.17, 15) is 4.79 Å². The Labute approximate surface area is 169 Å².